The quantitative estimate of drug-likeness (QED) is 0.333. The van der Waals surface area contributed by atoms with E-state index in [9.17, 15) is 5.11 Å². The monoisotopic (exact) mass is 199 g/mol. The van der Waals surface area contributed by atoms with Crippen LogP contribution in [0.4, 0.5) is 0 Å². The van der Waals surface area contributed by atoms with Gasteiger partial charge >= 0.3 is 0 Å². The molecular weight excluding hydrogens is 178 g/mol. The zero-order chi connectivity index (χ0) is 11.0. The van der Waals surface area contributed by atoms with Crippen LogP contribution in [0.5, 0.6) is 0 Å². The van der Waals surface area contributed by atoms with Crippen molar-refractivity contribution < 1.29 is 10.2 Å². The van der Waals surface area contributed by atoms with Gasteiger partial charge in [-0.15, -0.1) is 0 Å². The third-order valence-corrected chi connectivity index (χ3v) is 2.26. The molecule has 0 aliphatic heterocycles. The van der Waals surface area contributed by atoms with Gasteiger partial charge in [0.2, 0.25) is 0 Å². The first kappa shape index (κ1) is 13.0. The molecule has 0 bridgehead atoms. The lowest BCUT2D eigenvalue weighted by Crippen LogP contribution is -2.08. The van der Waals surface area contributed by atoms with Crippen LogP contribution in [-0.4, -0.2) is 15.9 Å². The van der Waals surface area contributed by atoms with Crippen LogP contribution >= 0.6 is 0 Å². The third kappa shape index (κ3) is 5.62. The molecule has 82 valence electrons. The Bertz CT molecular complexity index is 199. The number of rotatable bonds is 7. The summed E-state index contributed by atoms with van der Waals surface area (Å²) in [4.78, 5) is 0. The number of allylic oxidation sites excluding steroid dienone is 1. The molecule has 0 aromatic heterocycles. The summed E-state index contributed by atoms with van der Waals surface area (Å²) in [5.74, 6) is -0.0725. The number of aliphatic hydroxyl groups excluding tert-OH is 2. The van der Waals surface area contributed by atoms with Crippen molar-refractivity contribution in [1.29, 1.82) is 5.41 Å². The molecule has 0 aromatic carbocycles. The molecule has 3 N–H and O–H groups in total. The van der Waals surface area contributed by atoms with Crippen LogP contribution in [0.25, 0.3) is 0 Å². The van der Waals surface area contributed by atoms with E-state index in [1.54, 1.807) is 6.92 Å². The van der Waals surface area contributed by atoms with Crippen molar-refractivity contribution in [1.82, 2.24) is 0 Å². The molecule has 14 heavy (non-hydrogen) atoms. The molecule has 0 aliphatic carbocycles. The Hall–Kier alpha value is -0.990. The van der Waals surface area contributed by atoms with Gasteiger partial charge in [-0.25, -0.2) is 0 Å². The van der Waals surface area contributed by atoms with Crippen molar-refractivity contribution in [2.24, 2.45) is 5.92 Å². The lowest BCUT2D eigenvalue weighted by molar-refractivity contribution is 0.288. The highest BCUT2D eigenvalue weighted by atomic mass is 16.3. The van der Waals surface area contributed by atoms with E-state index in [4.69, 9.17) is 10.5 Å². The maximum atomic E-state index is 9.38. The average molecular weight is 199 g/mol. The summed E-state index contributed by atoms with van der Waals surface area (Å²) in [6.45, 7) is 3.84. The second kappa shape index (κ2) is 7.42. The predicted octanol–water partition coefficient (Wildman–Crippen LogP) is 3.57. The van der Waals surface area contributed by atoms with E-state index in [0.29, 0.717) is 12.1 Å². The standard InChI is InChI=1S/C11H21NO2/c1-3-4-5-6-10(7-9(2)12)11(14)8-13/h8,10,12-14H,3-7H2,1-2H3/b11-8+,12-9?. The Labute approximate surface area is 86.0 Å². The molecule has 0 fully saturated rings. The van der Waals surface area contributed by atoms with Gasteiger partial charge < -0.3 is 15.6 Å². The molecule has 0 radical (unpaired) electrons. The van der Waals surface area contributed by atoms with E-state index in [0.717, 1.165) is 31.9 Å². The Morgan fingerprint density at radius 3 is 2.50 bits per heavy atom. The molecule has 0 heterocycles. The fourth-order valence-corrected chi connectivity index (χ4v) is 1.47. The minimum atomic E-state index is -0.0796. The SMILES string of the molecule is CCCCCC(CC(C)=N)/C(O)=C\O. The molecule has 0 saturated heterocycles. The zero-order valence-electron chi connectivity index (χ0n) is 9.08. The van der Waals surface area contributed by atoms with Crippen LogP contribution in [0, 0.1) is 11.3 Å². The Balaban J connectivity index is 4.04. The topological polar surface area (TPSA) is 64.3 Å². The van der Waals surface area contributed by atoms with Gasteiger partial charge in [0.1, 0.15) is 12.0 Å². The van der Waals surface area contributed by atoms with Crippen LogP contribution in [0.1, 0.15) is 46.0 Å². The fraction of sp³-hybridized carbons (Fsp3) is 0.727. The van der Waals surface area contributed by atoms with E-state index < -0.39 is 0 Å². The largest absolute Gasteiger partial charge is 0.512 e. The lowest BCUT2D eigenvalue weighted by Gasteiger charge is -2.14. The smallest absolute Gasteiger partial charge is 0.130 e. The van der Waals surface area contributed by atoms with Crippen molar-refractivity contribution in [2.45, 2.75) is 46.0 Å². The van der Waals surface area contributed by atoms with Gasteiger partial charge in [-0.05, 0) is 19.8 Å². The number of hydrogen-bond donors (Lipinski definition) is 3. The van der Waals surface area contributed by atoms with Crippen molar-refractivity contribution in [3.05, 3.63) is 12.0 Å². The van der Waals surface area contributed by atoms with Gasteiger partial charge in [-0.1, -0.05) is 26.2 Å². The molecule has 1 atom stereocenters. The van der Waals surface area contributed by atoms with Gasteiger partial charge in [-0.2, -0.15) is 0 Å². The predicted molar refractivity (Wildman–Crippen MR) is 59.0 cm³/mol. The number of aliphatic hydroxyl groups is 2. The first-order valence-electron chi connectivity index (χ1n) is 5.19. The normalized spacial score (nSPS) is 14.0. The van der Waals surface area contributed by atoms with E-state index in [1.807, 2.05) is 0 Å². The van der Waals surface area contributed by atoms with E-state index >= 15 is 0 Å². The summed E-state index contributed by atoms with van der Waals surface area (Å²) >= 11 is 0. The van der Waals surface area contributed by atoms with Gasteiger partial charge in [0.25, 0.3) is 0 Å². The Kier molecular flexibility index (Phi) is 6.89. The summed E-state index contributed by atoms with van der Waals surface area (Å²) in [6.07, 6.45) is 5.43. The molecule has 0 amide bonds. The zero-order valence-corrected chi connectivity index (χ0v) is 9.08. The first-order valence-corrected chi connectivity index (χ1v) is 5.19. The van der Waals surface area contributed by atoms with Crippen molar-refractivity contribution in [3.63, 3.8) is 0 Å². The van der Waals surface area contributed by atoms with Crippen LogP contribution in [-0.2, 0) is 0 Å². The summed E-state index contributed by atoms with van der Waals surface area (Å²) in [5.41, 5.74) is 0.542. The summed E-state index contributed by atoms with van der Waals surface area (Å²) in [5, 5.41) is 25.4. The molecule has 0 saturated carbocycles. The fourth-order valence-electron chi connectivity index (χ4n) is 1.47. The third-order valence-electron chi connectivity index (χ3n) is 2.26. The average Bonchev–Trinajstić information content (AvgIpc) is 2.15. The summed E-state index contributed by atoms with van der Waals surface area (Å²) < 4.78 is 0. The van der Waals surface area contributed by atoms with Crippen molar-refractivity contribution in [3.8, 4) is 0 Å². The number of nitrogens with one attached hydrogen (secondary N) is 1. The van der Waals surface area contributed by atoms with Crippen molar-refractivity contribution >= 4 is 5.71 Å². The molecule has 1 unspecified atom stereocenters. The van der Waals surface area contributed by atoms with Gasteiger partial charge in [0, 0.05) is 11.6 Å². The Morgan fingerprint density at radius 2 is 2.07 bits per heavy atom. The van der Waals surface area contributed by atoms with Gasteiger partial charge in [0.05, 0.1) is 0 Å². The minimum Gasteiger partial charge on any atom is -0.512 e. The maximum absolute atomic E-state index is 9.38. The highest BCUT2D eigenvalue weighted by Crippen LogP contribution is 2.20. The van der Waals surface area contributed by atoms with Gasteiger partial charge in [0.15, 0.2) is 0 Å². The van der Waals surface area contributed by atoms with E-state index in [2.05, 4.69) is 6.92 Å². The van der Waals surface area contributed by atoms with Crippen molar-refractivity contribution in [2.75, 3.05) is 0 Å². The maximum Gasteiger partial charge on any atom is 0.130 e. The number of unbranched alkanes of at least 4 members (excludes halogenated alkanes) is 2. The van der Waals surface area contributed by atoms with E-state index in [-0.39, 0.29) is 11.7 Å². The molecule has 3 heteroatoms. The van der Waals surface area contributed by atoms with Gasteiger partial charge in [-0.3, -0.25) is 0 Å². The van der Waals surface area contributed by atoms with Crippen LogP contribution in [0.2, 0.25) is 0 Å². The summed E-state index contributed by atoms with van der Waals surface area (Å²) in [7, 11) is 0. The lowest BCUT2D eigenvalue weighted by atomic mass is 9.94. The van der Waals surface area contributed by atoms with Crippen LogP contribution in [0.3, 0.4) is 0 Å². The summed E-state index contributed by atoms with van der Waals surface area (Å²) in [6, 6.07) is 0. The van der Waals surface area contributed by atoms with Crippen LogP contribution in [0.15, 0.2) is 12.0 Å². The molecule has 3 nitrogen and oxygen atoms in total. The second-order valence-corrected chi connectivity index (χ2v) is 3.73. The minimum absolute atomic E-state index is 0.00713. The molecular formula is C11H21NO2. The second-order valence-electron chi connectivity index (χ2n) is 3.73. The molecule has 0 aliphatic rings. The molecule has 0 aromatic rings. The number of hydrogen-bond acceptors (Lipinski definition) is 3. The highest BCUT2D eigenvalue weighted by molar-refractivity contribution is 5.79. The first-order chi connectivity index (χ1) is 6.61. The Morgan fingerprint density at radius 1 is 1.43 bits per heavy atom. The van der Waals surface area contributed by atoms with Crippen LogP contribution < -0.4 is 0 Å². The molecule has 0 spiro atoms. The highest BCUT2D eigenvalue weighted by Gasteiger charge is 2.14. The molecule has 0 rings (SSSR count). The van der Waals surface area contributed by atoms with E-state index in [1.165, 1.54) is 0 Å².